The monoisotopic (exact) mass is 440 g/mol. The van der Waals surface area contributed by atoms with Crippen LogP contribution in [-0.2, 0) is 10.0 Å². The maximum absolute atomic E-state index is 11.7. The van der Waals surface area contributed by atoms with E-state index >= 15 is 0 Å². The topological polar surface area (TPSA) is 151 Å². The number of hydrogen-bond donors (Lipinski definition) is 4. The Morgan fingerprint density at radius 3 is 2.77 bits per heavy atom. The molecule has 1 aliphatic heterocycles. The number of nitrogens with zero attached hydrogens (tertiary/aromatic N) is 2. The third kappa shape index (κ3) is 3.88. The zero-order valence-electron chi connectivity index (χ0n) is 16.1. The van der Waals surface area contributed by atoms with Crippen molar-refractivity contribution in [2.45, 2.75) is 6.92 Å². The van der Waals surface area contributed by atoms with Crippen molar-refractivity contribution in [2.75, 3.05) is 21.3 Å². The van der Waals surface area contributed by atoms with Crippen molar-refractivity contribution in [2.24, 2.45) is 0 Å². The van der Waals surface area contributed by atoms with Crippen LogP contribution in [0.3, 0.4) is 0 Å². The molecule has 11 nitrogen and oxygen atoms in total. The molecule has 0 radical (unpaired) electrons. The van der Waals surface area contributed by atoms with Gasteiger partial charge in [-0.2, -0.15) is 4.98 Å². The van der Waals surface area contributed by atoms with Gasteiger partial charge in [0.05, 0.1) is 11.2 Å². The first kappa shape index (κ1) is 18.9. The van der Waals surface area contributed by atoms with Crippen LogP contribution in [0.2, 0.25) is 0 Å². The third-order valence-corrected chi connectivity index (χ3v) is 5.48. The molecule has 158 valence electrons. The van der Waals surface area contributed by atoms with Crippen LogP contribution in [-0.4, -0.2) is 29.3 Å². The first-order valence-corrected chi connectivity index (χ1v) is 10.8. The molecule has 1 aliphatic rings. The zero-order chi connectivity index (χ0) is 21.6. The van der Waals surface area contributed by atoms with E-state index in [1.807, 2.05) is 6.92 Å². The molecular weight excluding hydrogens is 424 g/mol. The van der Waals surface area contributed by atoms with Crippen molar-refractivity contribution in [3.8, 4) is 5.75 Å². The second kappa shape index (κ2) is 7.02. The Morgan fingerprint density at radius 1 is 1.10 bits per heavy atom. The molecule has 2 aromatic carbocycles. The van der Waals surface area contributed by atoms with E-state index in [0.717, 1.165) is 5.56 Å². The molecule has 0 aliphatic carbocycles. The first-order valence-electron chi connectivity index (χ1n) is 9.13. The van der Waals surface area contributed by atoms with Crippen molar-refractivity contribution in [3.63, 3.8) is 0 Å². The van der Waals surface area contributed by atoms with Gasteiger partial charge in [0.15, 0.2) is 5.58 Å². The Kier molecular flexibility index (Phi) is 4.29. The summed E-state index contributed by atoms with van der Waals surface area (Å²) in [4.78, 5) is 22.7. The Labute approximate surface area is 175 Å². The van der Waals surface area contributed by atoms with Crippen LogP contribution in [0.5, 0.6) is 5.75 Å². The maximum atomic E-state index is 11.7. The number of hydrogen-bond acceptors (Lipinski definition) is 9. The number of rotatable bonds is 4. The largest absolute Gasteiger partial charge is 0.474 e. The molecule has 0 saturated heterocycles. The van der Waals surface area contributed by atoms with Crippen molar-refractivity contribution in [3.05, 3.63) is 58.7 Å². The average Bonchev–Trinajstić information content (AvgIpc) is 3.09. The number of benzene rings is 2. The fraction of sp³-hybridized carbons (Fsp3) is 0.105. The second-order valence-electron chi connectivity index (χ2n) is 6.89. The Balaban J connectivity index is 1.40. The van der Waals surface area contributed by atoms with Gasteiger partial charge in [-0.05, 0) is 43.3 Å². The summed E-state index contributed by atoms with van der Waals surface area (Å²) in [6, 6.07) is 10.2. The van der Waals surface area contributed by atoms with Gasteiger partial charge in [-0.1, -0.05) is 0 Å². The predicted molar refractivity (Wildman–Crippen MR) is 115 cm³/mol. The molecule has 4 aromatic rings. The number of aromatic nitrogens is 3. The molecule has 12 heteroatoms. The summed E-state index contributed by atoms with van der Waals surface area (Å²) in [6.07, 6.45) is 1.65. The molecule has 0 fully saturated rings. The van der Waals surface area contributed by atoms with Gasteiger partial charge in [-0.25, -0.2) is 18.2 Å². The SMILES string of the molecule is Cc1cnc(Nc2ccc3c(c2)NS(=O)(=O)CO3)nc1Nc1ccc2oc(=O)[nH]c2c1. The molecule has 0 saturated carbocycles. The van der Waals surface area contributed by atoms with Gasteiger partial charge in [0, 0.05) is 23.1 Å². The highest BCUT2D eigenvalue weighted by Crippen LogP contribution is 2.33. The summed E-state index contributed by atoms with van der Waals surface area (Å²) in [5.74, 6) is 0.381. The van der Waals surface area contributed by atoms with E-state index in [1.54, 1.807) is 42.6 Å². The first-order chi connectivity index (χ1) is 14.8. The Morgan fingerprint density at radius 2 is 1.90 bits per heavy atom. The van der Waals surface area contributed by atoms with Crippen LogP contribution in [0.1, 0.15) is 5.56 Å². The molecule has 0 amide bonds. The minimum absolute atomic E-state index is 0.311. The van der Waals surface area contributed by atoms with Crippen molar-refractivity contribution < 1.29 is 17.6 Å². The van der Waals surface area contributed by atoms with Crippen molar-refractivity contribution in [1.29, 1.82) is 0 Å². The number of H-pyrrole nitrogens is 1. The van der Waals surface area contributed by atoms with E-state index in [-0.39, 0.29) is 0 Å². The molecule has 4 N–H and O–H groups in total. The normalized spacial score (nSPS) is 14.4. The fourth-order valence-corrected chi connectivity index (χ4v) is 3.91. The van der Waals surface area contributed by atoms with Crippen LogP contribution in [0.4, 0.5) is 28.8 Å². The smallest absolute Gasteiger partial charge is 0.417 e. The third-order valence-electron chi connectivity index (χ3n) is 4.52. The second-order valence-corrected chi connectivity index (χ2v) is 8.56. The average molecular weight is 440 g/mol. The van der Waals surface area contributed by atoms with Crippen LogP contribution in [0.15, 0.2) is 51.8 Å². The van der Waals surface area contributed by atoms with E-state index in [1.165, 1.54) is 0 Å². The van der Waals surface area contributed by atoms with Crippen LogP contribution >= 0.6 is 0 Å². The number of fused-ring (bicyclic) bond motifs is 2. The van der Waals surface area contributed by atoms with Crippen LogP contribution in [0, 0.1) is 6.92 Å². The zero-order valence-corrected chi connectivity index (χ0v) is 16.9. The molecule has 0 atom stereocenters. The molecular formula is C19H16N6O5S. The summed E-state index contributed by atoms with van der Waals surface area (Å²) in [5.41, 5.74) is 3.46. The number of sulfonamides is 1. The van der Waals surface area contributed by atoms with E-state index in [9.17, 15) is 13.2 Å². The lowest BCUT2D eigenvalue weighted by atomic mass is 10.2. The van der Waals surface area contributed by atoms with Gasteiger partial charge in [-0.3, -0.25) is 9.71 Å². The summed E-state index contributed by atoms with van der Waals surface area (Å²) < 4.78 is 36.1. The van der Waals surface area contributed by atoms with Crippen molar-refractivity contribution in [1.82, 2.24) is 15.0 Å². The Hall–Kier alpha value is -4.06. The highest BCUT2D eigenvalue weighted by atomic mass is 32.2. The molecule has 2 aromatic heterocycles. The molecule has 0 spiro atoms. The number of aryl methyl sites for hydroxylation is 1. The minimum Gasteiger partial charge on any atom is -0.474 e. The molecule has 3 heterocycles. The highest BCUT2D eigenvalue weighted by Gasteiger charge is 2.21. The molecule has 5 rings (SSSR count). The minimum atomic E-state index is -3.52. The fourth-order valence-electron chi connectivity index (χ4n) is 3.08. The summed E-state index contributed by atoms with van der Waals surface area (Å²) in [6.45, 7) is 1.86. The van der Waals surface area contributed by atoms with E-state index in [4.69, 9.17) is 9.15 Å². The van der Waals surface area contributed by atoms with Gasteiger partial charge in [0.2, 0.25) is 11.9 Å². The molecule has 31 heavy (non-hydrogen) atoms. The number of ether oxygens (including phenoxy) is 1. The Bertz CT molecular complexity index is 1480. The molecule has 0 unspecified atom stereocenters. The quantitative estimate of drug-likeness (QED) is 0.375. The van der Waals surface area contributed by atoms with E-state index in [0.29, 0.717) is 45.7 Å². The van der Waals surface area contributed by atoms with Crippen molar-refractivity contribution >= 4 is 50.0 Å². The van der Waals surface area contributed by atoms with Gasteiger partial charge in [0.25, 0.3) is 10.0 Å². The lowest BCUT2D eigenvalue weighted by Crippen LogP contribution is -2.25. The van der Waals surface area contributed by atoms with E-state index in [2.05, 4.69) is 30.3 Å². The van der Waals surface area contributed by atoms with Crippen LogP contribution in [0.25, 0.3) is 11.1 Å². The molecule has 0 bridgehead atoms. The van der Waals surface area contributed by atoms with Crippen LogP contribution < -0.4 is 25.8 Å². The summed E-state index contributed by atoms with van der Waals surface area (Å²) in [7, 11) is -3.52. The number of anilines is 5. The predicted octanol–water partition coefficient (Wildman–Crippen LogP) is 2.80. The number of oxazole rings is 1. The van der Waals surface area contributed by atoms with E-state index < -0.39 is 21.7 Å². The lowest BCUT2D eigenvalue weighted by Gasteiger charge is -2.20. The van der Waals surface area contributed by atoms with Gasteiger partial charge in [-0.15, -0.1) is 0 Å². The lowest BCUT2D eigenvalue weighted by molar-refractivity contribution is 0.374. The summed E-state index contributed by atoms with van der Waals surface area (Å²) in [5, 5.41) is 6.25. The highest BCUT2D eigenvalue weighted by molar-refractivity contribution is 7.92. The standard InChI is InChI=1S/C19H16N6O5S/c1-10-8-20-18(22-12-2-4-15-14(7-12)25-31(27,28)9-29-15)24-17(10)21-11-3-5-16-13(6-11)23-19(26)30-16/h2-8,25H,9H2,1H3,(H,23,26)(H2,20,21,22,24). The maximum Gasteiger partial charge on any atom is 0.417 e. The van der Waals surface area contributed by atoms with Gasteiger partial charge < -0.3 is 19.8 Å². The van der Waals surface area contributed by atoms with Gasteiger partial charge >= 0.3 is 5.76 Å². The number of aromatic amines is 1. The van der Waals surface area contributed by atoms with Gasteiger partial charge in [0.1, 0.15) is 11.6 Å². The number of nitrogens with one attached hydrogen (secondary N) is 4. The summed E-state index contributed by atoms with van der Waals surface area (Å²) >= 11 is 0.